The van der Waals surface area contributed by atoms with Gasteiger partial charge >= 0.3 is 0 Å². The number of aliphatic hydroxyl groups is 1. The van der Waals surface area contributed by atoms with Crippen LogP contribution in [0.2, 0.25) is 0 Å². The molecule has 0 saturated carbocycles. The lowest BCUT2D eigenvalue weighted by Gasteiger charge is -2.18. The zero-order valence-electron chi connectivity index (χ0n) is 16.5. The second-order valence-electron chi connectivity index (χ2n) is 6.94. The van der Waals surface area contributed by atoms with E-state index in [4.69, 9.17) is 4.74 Å². The molecule has 0 bridgehead atoms. The Hall–Kier alpha value is -3.46. The van der Waals surface area contributed by atoms with Crippen LogP contribution in [0.25, 0.3) is 0 Å². The number of ether oxygens (including phenoxy) is 1. The zero-order valence-corrected chi connectivity index (χ0v) is 16.5. The molecule has 2 aromatic rings. The third-order valence-corrected chi connectivity index (χ3v) is 4.91. The van der Waals surface area contributed by atoms with Crippen molar-refractivity contribution in [2.24, 2.45) is 5.92 Å². The molecule has 9 heteroatoms. The second kappa shape index (κ2) is 9.36. The number of carbonyl (C=O) groups excluding carboxylic acids is 2. The standard InChI is InChI=1S/C21H23N3O6/c1-2-30-18-9-7-16(8-10-18)23-13-15(11-20(23)26)21(27)22-12-19(25)14-3-5-17(6-4-14)24(28)29/h3-10,15,19,25H,2,11-13H2,1H3,(H,22,27)/t15-,19+/m1/s1. The van der Waals surface area contributed by atoms with Gasteiger partial charge in [0, 0.05) is 37.3 Å². The van der Waals surface area contributed by atoms with Gasteiger partial charge in [0.25, 0.3) is 5.69 Å². The summed E-state index contributed by atoms with van der Waals surface area (Å²) in [7, 11) is 0. The van der Waals surface area contributed by atoms with Crippen molar-refractivity contribution < 1.29 is 24.4 Å². The highest BCUT2D eigenvalue weighted by Crippen LogP contribution is 2.27. The average molecular weight is 413 g/mol. The van der Waals surface area contributed by atoms with E-state index in [-0.39, 0.29) is 37.0 Å². The normalized spacial score (nSPS) is 16.9. The van der Waals surface area contributed by atoms with E-state index < -0.39 is 16.9 Å². The van der Waals surface area contributed by atoms with Crippen molar-refractivity contribution in [3.8, 4) is 5.75 Å². The van der Waals surface area contributed by atoms with Crippen LogP contribution in [0.3, 0.4) is 0 Å². The number of aliphatic hydroxyl groups excluding tert-OH is 1. The van der Waals surface area contributed by atoms with E-state index in [2.05, 4.69) is 5.32 Å². The van der Waals surface area contributed by atoms with Gasteiger partial charge in [-0.05, 0) is 48.9 Å². The van der Waals surface area contributed by atoms with Gasteiger partial charge in [-0.3, -0.25) is 19.7 Å². The first kappa shape index (κ1) is 21.3. The summed E-state index contributed by atoms with van der Waals surface area (Å²) in [6.07, 6.45) is -0.916. The number of nitro benzene ring substituents is 1. The maximum Gasteiger partial charge on any atom is 0.269 e. The molecule has 1 aliphatic heterocycles. The summed E-state index contributed by atoms with van der Waals surface area (Å²) in [5, 5.41) is 23.6. The summed E-state index contributed by atoms with van der Waals surface area (Å²) in [4.78, 5) is 36.6. The second-order valence-corrected chi connectivity index (χ2v) is 6.94. The SMILES string of the molecule is CCOc1ccc(N2C[C@H](C(=O)NC[C@H](O)c3ccc([N+](=O)[O-])cc3)CC2=O)cc1. The van der Waals surface area contributed by atoms with Crippen LogP contribution in [0.1, 0.15) is 25.0 Å². The van der Waals surface area contributed by atoms with E-state index in [1.165, 1.54) is 24.3 Å². The maximum absolute atomic E-state index is 12.5. The van der Waals surface area contributed by atoms with Gasteiger partial charge in [0.1, 0.15) is 5.75 Å². The smallest absolute Gasteiger partial charge is 0.269 e. The Labute approximate surface area is 173 Å². The zero-order chi connectivity index (χ0) is 21.7. The molecule has 1 aliphatic rings. The monoisotopic (exact) mass is 413 g/mol. The predicted octanol–water partition coefficient (Wildman–Crippen LogP) is 2.20. The van der Waals surface area contributed by atoms with Crippen LogP contribution in [0.4, 0.5) is 11.4 Å². The van der Waals surface area contributed by atoms with E-state index in [1.807, 2.05) is 6.92 Å². The number of amides is 2. The van der Waals surface area contributed by atoms with Crippen LogP contribution in [-0.2, 0) is 9.59 Å². The van der Waals surface area contributed by atoms with Gasteiger partial charge in [-0.1, -0.05) is 0 Å². The third-order valence-electron chi connectivity index (χ3n) is 4.91. The molecule has 0 aliphatic carbocycles. The highest BCUT2D eigenvalue weighted by atomic mass is 16.6. The minimum absolute atomic E-state index is 0.0512. The van der Waals surface area contributed by atoms with Crippen LogP contribution in [-0.4, -0.2) is 41.5 Å². The molecule has 30 heavy (non-hydrogen) atoms. The van der Waals surface area contributed by atoms with E-state index in [0.717, 1.165) is 0 Å². The largest absolute Gasteiger partial charge is 0.494 e. The predicted molar refractivity (Wildman–Crippen MR) is 109 cm³/mol. The van der Waals surface area contributed by atoms with Crippen molar-refractivity contribution >= 4 is 23.2 Å². The number of rotatable bonds is 8. The number of carbonyl (C=O) groups is 2. The Balaban J connectivity index is 1.54. The minimum Gasteiger partial charge on any atom is -0.494 e. The Morgan fingerprint density at radius 2 is 1.93 bits per heavy atom. The number of nitrogens with zero attached hydrogens (tertiary/aromatic N) is 2. The minimum atomic E-state index is -1.01. The molecule has 2 aromatic carbocycles. The van der Waals surface area contributed by atoms with Crippen LogP contribution in [0.5, 0.6) is 5.75 Å². The molecule has 1 fully saturated rings. The molecule has 9 nitrogen and oxygen atoms in total. The van der Waals surface area contributed by atoms with Gasteiger partial charge in [0.15, 0.2) is 0 Å². The fraction of sp³-hybridized carbons (Fsp3) is 0.333. The van der Waals surface area contributed by atoms with Crippen molar-refractivity contribution in [2.45, 2.75) is 19.4 Å². The molecule has 0 radical (unpaired) electrons. The Bertz CT molecular complexity index is 913. The summed E-state index contributed by atoms with van der Waals surface area (Å²) < 4.78 is 5.39. The number of non-ortho nitro benzene ring substituents is 1. The number of hydrogen-bond acceptors (Lipinski definition) is 6. The van der Waals surface area contributed by atoms with Gasteiger partial charge in [0.05, 0.1) is 23.6 Å². The Morgan fingerprint density at radius 1 is 1.27 bits per heavy atom. The van der Waals surface area contributed by atoms with Crippen molar-refractivity contribution in [1.82, 2.24) is 5.32 Å². The van der Waals surface area contributed by atoms with Gasteiger partial charge in [-0.2, -0.15) is 0 Å². The van der Waals surface area contributed by atoms with Crippen molar-refractivity contribution in [3.63, 3.8) is 0 Å². The molecule has 158 valence electrons. The molecule has 1 saturated heterocycles. The van der Waals surface area contributed by atoms with Crippen LogP contribution >= 0.6 is 0 Å². The van der Waals surface area contributed by atoms with Crippen molar-refractivity contribution in [1.29, 1.82) is 0 Å². The summed E-state index contributed by atoms with van der Waals surface area (Å²) in [5.74, 6) is -0.275. The molecule has 2 atom stereocenters. The molecule has 0 unspecified atom stereocenters. The summed E-state index contributed by atoms with van der Waals surface area (Å²) in [6.45, 7) is 2.65. The lowest BCUT2D eigenvalue weighted by atomic mass is 10.1. The summed E-state index contributed by atoms with van der Waals surface area (Å²) >= 11 is 0. The van der Waals surface area contributed by atoms with Gasteiger partial charge in [0.2, 0.25) is 11.8 Å². The van der Waals surface area contributed by atoms with Gasteiger partial charge < -0.3 is 20.1 Å². The van der Waals surface area contributed by atoms with Crippen molar-refractivity contribution in [3.05, 3.63) is 64.2 Å². The number of nitrogens with one attached hydrogen (secondary N) is 1. The lowest BCUT2D eigenvalue weighted by Crippen LogP contribution is -2.35. The molecule has 0 spiro atoms. The van der Waals surface area contributed by atoms with Crippen LogP contribution in [0, 0.1) is 16.0 Å². The average Bonchev–Trinajstić information content (AvgIpc) is 3.14. The summed E-state index contributed by atoms with van der Waals surface area (Å²) in [6, 6.07) is 12.6. The fourth-order valence-corrected chi connectivity index (χ4v) is 3.30. The van der Waals surface area contributed by atoms with E-state index in [0.29, 0.717) is 23.6 Å². The maximum atomic E-state index is 12.5. The first-order valence-corrected chi connectivity index (χ1v) is 9.62. The van der Waals surface area contributed by atoms with Gasteiger partial charge in [-0.15, -0.1) is 0 Å². The molecule has 0 aromatic heterocycles. The van der Waals surface area contributed by atoms with E-state index in [1.54, 1.807) is 29.2 Å². The highest BCUT2D eigenvalue weighted by molar-refractivity contribution is 6.00. The molecule has 1 heterocycles. The first-order chi connectivity index (χ1) is 14.4. The third kappa shape index (κ3) is 4.93. The highest BCUT2D eigenvalue weighted by Gasteiger charge is 2.35. The lowest BCUT2D eigenvalue weighted by molar-refractivity contribution is -0.384. The number of hydrogen-bond donors (Lipinski definition) is 2. The molecule has 2 amide bonds. The Morgan fingerprint density at radius 3 is 2.53 bits per heavy atom. The number of benzene rings is 2. The van der Waals surface area contributed by atoms with Crippen molar-refractivity contribution in [2.75, 3.05) is 24.6 Å². The quantitative estimate of drug-likeness (QED) is 0.505. The topological polar surface area (TPSA) is 122 Å². The first-order valence-electron chi connectivity index (χ1n) is 9.62. The van der Waals surface area contributed by atoms with Crippen LogP contribution in [0.15, 0.2) is 48.5 Å². The number of anilines is 1. The van der Waals surface area contributed by atoms with E-state index in [9.17, 15) is 24.8 Å². The molecular weight excluding hydrogens is 390 g/mol. The van der Waals surface area contributed by atoms with Crippen LogP contribution < -0.4 is 15.0 Å². The molecule has 2 N–H and O–H groups in total. The Kier molecular flexibility index (Phi) is 6.63. The fourth-order valence-electron chi connectivity index (χ4n) is 3.30. The molecule has 3 rings (SSSR count). The number of nitro groups is 1. The molecular formula is C21H23N3O6. The summed E-state index contributed by atoms with van der Waals surface area (Å²) in [5.41, 5.74) is 1.08. The van der Waals surface area contributed by atoms with E-state index >= 15 is 0 Å². The van der Waals surface area contributed by atoms with Gasteiger partial charge in [-0.25, -0.2) is 0 Å².